The number of hydrogen-bond donors (Lipinski definition) is 0. The van der Waals surface area contributed by atoms with Gasteiger partial charge in [-0.05, 0) is 86.8 Å². The van der Waals surface area contributed by atoms with Crippen LogP contribution in [0.1, 0.15) is 86.9 Å². The lowest BCUT2D eigenvalue weighted by molar-refractivity contribution is 0.0911. The molecule has 0 amide bonds. The summed E-state index contributed by atoms with van der Waals surface area (Å²) in [5.41, 5.74) is 1.56. The van der Waals surface area contributed by atoms with Crippen LogP contribution in [-0.4, -0.2) is 25.8 Å². The van der Waals surface area contributed by atoms with Gasteiger partial charge in [0.25, 0.3) is 0 Å². The Morgan fingerprint density at radius 2 is 1.24 bits per heavy atom. The molecule has 0 radical (unpaired) electrons. The summed E-state index contributed by atoms with van der Waals surface area (Å²) in [6.07, 6.45) is 6.50. The van der Waals surface area contributed by atoms with Crippen molar-refractivity contribution >= 4 is 11.6 Å². The largest absolute Gasteiger partial charge is 0.497 e. The van der Waals surface area contributed by atoms with E-state index < -0.39 is 0 Å². The van der Waals surface area contributed by atoms with E-state index in [-0.39, 0.29) is 17.6 Å². The Balaban J connectivity index is 0.000000224. The van der Waals surface area contributed by atoms with E-state index in [9.17, 15) is 9.59 Å². The van der Waals surface area contributed by atoms with E-state index in [1.165, 1.54) is 12.8 Å². The van der Waals surface area contributed by atoms with Crippen molar-refractivity contribution in [2.24, 2.45) is 23.7 Å². The van der Waals surface area contributed by atoms with Crippen molar-refractivity contribution in [1.29, 1.82) is 0 Å². The maximum atomic E-state index is 12.3. The minimum atomic E-state index is 0.200. The Morgan fingerprint density at radius 1 is 0.706 bits per heavy atom. The molecule has 2 unspecified atom stereocenters. The average Bonchev–Trinajstić information content (AvgIpc) is 3.53. The Bertz CT molecular complexity index is 902. The van der Waals surface area contributed by atoms with Crippen LogP contribution in [0, 0.1) is 23.7 Å². The van der Waals surface area contributed by atoms with E-state index >= 15 is 0 Å². The van der Waals surface area contributed by atoms with Gasteiger partial charge in [-0.15, -0.1) is 0 Å². The van der Waals surface area contributed by atoms with Crippen LogP contribution in [0.4, 0.5) is 0 Å². The van der Waals surface area contributed by atoms with Crippen LogP contribution >= 0.6 is 0 Å². The standard InChI is InChI=1S/2C14H18O2.C2H6/c1-10-3-4-12(9-10)14(15)11-5-7-13(16-2)8-6-11;1-10-7-8-11(9-10)14(15)12-5-3-4-6-13(12)16-2;1-2/h5-8,10,12H,3-4,9H2,1-2H3;3-6,10-11H,7-9H2,1-2H3;1-2H3/t10-,12?;10-,11?;/m11./s1. The number of carbonyl (C=O) groups is 2. The van der Waals surface area contributed by atoms with Gasteiger partial charge in [-0.25, -0.2) is 0 Å². The van der Waals surface area contributed by atoms with Crippen LogP contribution in [-0.2, 0) is 0 Å². The van der Waals surface area contributed by atoms with Gasteiger partial charge in [0.1, 0.15) is 11.5 Å². The number of ether oxygens (including phenoxy) is 2. The number of methoxy groups -OCH3 is 2. The molecule has 2 aliphatic carbocycles. The average molecular weight is 467 g/mol. The summed E-state index contributed by atoms with van der Waals surface area (Å²) in [5, 5.41) is 0. The number of para-hydroxylation sites is 1. The fourth-order valence-corrected chi connectivity index (χ4v) is 4.95. The fourth-order valence-electron chi connectivity index (χ4n) is 4.95. The van der Waals surface area contributed by atoms with Gasteiger partial charge in [0, 0.05) is 17.4 Å². The number of Topliss-reactive ketones (excluding diaryl/α,β-unsaturated/α-hetero) is 2. The minimum absolute atomic E-state index is 0.200. The lowest BCUT2D eigenvalue weighted by atomic mass is 9.95. The molecule has 4 atom stereocenters. The van der Waals surface area contributed by atoms with E-state index in [0.29, 0.717) is 23.4 Å². The molecule has 0 N–H and O–H groups in total. The topological polar surface area (TPSA) is 52.6 Å². The van der Waals surface area contributed by atoms with E-state index in [1.807, 2.05) is 62.4 Å². The second-order valence-electron chi connectivity index (χ2n) is 9.39. The summed E-state index contributed by atoms with van der Waals surface area (Å²) < 4.78 is 10.3. The molecular weight excluding hydrogens is 424 g/mol. The van der Waals surface area contributed by atoms with Gasteiger partial charge < -0.3 is 9.47 Å². The maximum Gasteiger partial charge on any atom is 0.169 e. The van der Waals surface area contributed by atoms with E-state index in [0.717, 1.165) is 42.6 Å². The van der Waals surface area contributed by atoms with Crippen molar-refractivity contribution in [3.63, 3.8) is 0 Å². The Kier molecular flexibility index (Phi) is 11.3. The molecule has 186 valence electrons. The molecule has 0 saturated heterocycles. The van der Waals surface area contributed by atoms with Crippen LogP contribution in [0.3, 0.4) is 0 Å². The van der Waals surface area contributed by atoms with Crippen LogP contribution < -0.4 is 9.47 Å². The van der Waals surface area contributed by atoms with E-state index in [4.69, 9.17) is 9.47 Å². The first-order valence-electron chi connectivity index (χ1n) is 12.8. The first kappa shape index (κ1) is 27.6. The highest BCUT2D eigenvalue weighted by Crippen LogP contribution is 2.35. The molecule has 0 bridgehead atoms. The Hall–Kier alpha value is -2.62. The molecule has 4 heteroatoms. The zero-order chi connectivity index (χ0) is 25.1. The molecule has 34 heavy (non-hydrogen) atoms. The van der Waals surface area contributed by atoms with Crippen molar-refractivity contribution in [2.75, 3.05) is 14.2 Å². The number of ketones is 2. The summed E-state index contributed by atoms with van der Waals surface area (Å²) in [4.78, 5) is 24.4. The summed E-state index contributed by atoms with van der Waals surface area (Å²) in [6, 6.07) is 14.9. The zero-order valence-electron chi connectivity index (χ0n) is 21.8. The smallest absolute Gasteiger partial charge is 0.169 e. The number of rotatable bonds is 6. The van der Waals surface area contributed by atoms with Gasteiger partial charge in [0.15, 0.2) is 11.6 Å². The van der Waals surface area contributed by atoms with Gasteiger partial charge in [-0.1, -0.05) is 39.8 Å². The van der Waals surface area contributed by atoms with Crippen molar-refractivity contribution in [1.82, 2.24) is 0 Å². The third-order valence-electron chi connectivity index (χ3n) is 6.88. The van der Waals surface area contributed by atoms with Crippen LogP contribution in [0.2, 0.25) is 0 Å². The normalized spacial score (nSPS) is 23.1. The van der Waals surface area contributed by atoms with E-state index in [1.54, 1.807) is 14.2 Å². The summed E-state index contributed by atoms with van der Waals surface area (Å²) in [6.45, 7) is 8.44. The van der Waals surface area contributed by atoms with Crippen molar-refractivity contribution in [3.8, 4) is 11.5 Å². The Labute approximate surface area is 206 Å². The highest BCUT2D eigenvalue weighted by atomic mass is 16.5. The molecule has 2 aliphatic rings. The first-order chi connectivity index (χ1) is 16.4. The Morgan fingerprint density at radius 3 is 1.71 bits per heavy atom. The van der Waals surface area contributed by atoms with Crippen molar-refractivity contribution < 1.29 is 19.1 Å². The number of benzene rings is 2. The molecule has 0 aromatic heterocycles. The quantitative estimate of drug-likeness (QED) is 0.410. The predicted molar refractivity (Wildman–Crippen MR) is 139 cm³/mol. The monoisotopic (exact) mass is 466 g/mol. The molecule has 0 heterocycles. The first-order valence-corrected chi connectivity index (χ1v) is 12.8. The third kappa shape index (κ3) is 7.44. The zero-order valence-corrected chi connectivity index (χ0v) is 21.8. The minimum Gasteiger partial charge on any atom is -0.497 e. The van der Waals surface area contributed by atoms with Gasteiger partial charge in [0.2, 0.25) is 0 Å². The molecule has 2 aromatic rings. The highest BCUT2D eigenvalue weighted by Gasteiger charge is 2.29. The van der Waals surface area contributed by atoms with Gasteiger partial charge in [0.05, 0.1) is 19.8 Å². The molecule has 2 saturated carbocycles. The molecule has 4 nitrogen and oxygen atoms in total. The van der Waals surface area contributed by atoms with Crippen LogP contribution in [0.15, 0.2) is 48.5 Å². The molecule has 2 fully saturated rings. The van der Waals surface area contributed by atoms with E-state index in [2.05, 4.69) is 13.8 Å². The number of hydrogen-bond acceptors (Lipinski definition) is 4. The van der Waals surface area contributed by atoms with Gasteiger partial charge in [-0.2, -0.15) is 0 Å². The summed E-state index contributed by atoms with van der Waals surface area (Å²) in [5.74, 6) is 3.88. The lowest BCUT2D eigenvalue weighted by Crippen LogP contribution is -2.12. The fraction of sp³-hybridized carbons (Fsp3) is 0.533. The predicted octanol–water partition coefficient (Wildman–Crippen LogP) is 7.65. The molecular formula is C30H42O4. The second kappa shape index (κ2) is 13.9. The number of carbonyl (C=O) groups excluding carboxylic acids is 2. The molecule has 2 aromatic carbocycles. The van der Waals surface area contributed by atoms with Crippen molar-refractivity contribution in [2.45, 2.75) is 66.2 Å². The van der Waals surface area contributed by atoms with Crippen LogP contribution in [0.25, 0.3) is 0 Å². The lowest BCUT2D eigenvalue weighted by Gasteiger charge is -2.11. The van der Waals surface area contributed by atoms with Gasteiger partial charge >= 0.3 is 0 Å². The SMILES string of the molecule is CC.COc1ccc(C(=O)C2CC[C@@H](C)C2)cc1.COc1ccccc1C(=O)C1CC[C@@H](C)C1. The summed E-state index contributed by atoms with van der Waals surface area (Å²) in [7, 11) is 3.25. The molecule has 4 rings (SSSR count). The highest BCUT2D eigenvalue weighted by molar-refractivity contribution is 6.00. The molecule has 0 aliphatic heterocycles. The maximum absolute atomic E-state index is 12.3. The summed E-state index contributed by atoms with van der Waals surface area (Å²) >= 11 is 0. The molecule has 0 spiro atoms. The van der Waals surface area contributed by atoms with Gasteiger partial charge in [-0.3, -0.25) is 9.59 Å². The third-order valence-corrected chi connectivity index (χ3v) is 6.88. The van der Waals surface area contributed by atoms with Crippen molar-refractivity contribution in [3.05, 3.63) is 59.7 Å². The van der Waals surface area contributed by atoms with Crippen LogP contribution in [0.5, 0.6) is 11.5 Å². The second-order valence-corrected chi connectivity index (χ2v) is 9.39.